The first kappa shape index (κ1) is 5.86. The highest BCUT2D eigenvalue weighted by Gasteiger charge is 2.18. The van der Waals surface area contributed by atoms with E-state index in [0.29, 0.717) is 0 Å². The van der Waals surface area contributed by atoms with E-state index in [0.717, 1.165) is 0 Å². The Balaban J connectivity index is 2.75. The number of rotatable bonds is 3. The first-order chi connectivity index (χ1) is 15.7. The van der Waals surface area contributed by atoms with Gasteiger partial charge in [0, 0.05) is 11.1 Å². The second-order valence-corrected chi connectivity index (χ2v) is 4.30. The van der Waals surface area contributed by atoms with Crippen molar-refractivity contribution in [2.24, 2.45) is 0 Å². The van der Waals surface area contributed by atoms with Crippen molar-refractivity contribution in [2.75, 3.05) is 0 Å². The standard InChI is InChI=1S/C18H12ClNO2/c19-14-10-11-18(20(21)22)17(12-14)16-9-5-4-8-15(16)13-6-2-1-3-7-13/h1-12H/i1D,2D,3D,4D,5D,6D,7D,8D,9D,10D,11D,12D. The van der Waals surface area contributed by atoms with E-state index in [-0.39, 0.29) is 0 Å². The average Bonchev–Trinajstić information content (AvgIpc) is 2.79. The summed E-state index contributed by atoms with van der Waals surface area (Å²) in [5.74, 6) is 0. The van der Waals surface area contributed by atoms with Gasteiger partial charge >= 0.3 is 0 Å². The number of benzene rings is 3. The van der Waals surface area contributed by atoms with Crippen LogP contribution in [0, 0.1) is 10.1 Å². The summed E-state index contributed by atoms with van der Waals surface area (Å²) in [6.07, 6.45) is 0. The van der Waals surface area contributed by atoms with Crippen molar-refractivity contribution in [3.63, 3.8) is 0 Å². The molecular formula is C18H12ClNO2. The molecule has 0 saturated heterocycles. The Bertz CT molecular complexity index is 1400. The van der Waals surface area contributed by atoms with Crippen LogP contribution in [0.25, 0.3) is 22.3 Å². The van der Waals surface area contributed by atoms with Crippen LogP contribution >= 0.6 is 11.6 Å². The Hall–Kier alpha value is -2.65. The molecule has 22 heavy (non-hydrogen) atoms. The van der Waals surface area contributed by atoms with E-state index in [1.54, 1.807) is 0 Å². The fourth-order valence-electron chi connectivity index (χ4n) is 1.76. The molecule has 4 heteroatoms. The Morgan fingerprint density at radius 3 is 2.18 bits per heavy atom. The Labute approximate surface area is 149 Å². The zero-order valence-corrected chi connectivity index (χ0v) is 11.4. The molecule has 3 aromatic carbocycles. The van der Waals surface area contributed by atoms with Gasteiger partial charge in [0.05, 0.1) is 26.9 Å². The highest BCUT2D eigenvalue weighted by atomic mass is 35.5. The molecule has 0 aliphatic rings. The minimum atomic E-state index is -1.15. The summed E-state index contributed by atoms with van der Waals surface area (Å²) in [4.78, 5) is 10.7. The zero-order valence-electron chi connectivity index (χ0n) is 22.6. The van der Waals surface area contributed by atoms with Crippen molar-refractivity contribution >= 4 is 17.3 Å². The van der Waals surface area contributed by atoms with Gasteiger partial charge in [0.2, 0.25) is 0 Å². The number of hydrogen-bond acceptors (Lipinski definition) is 2. The van der Waals surface area contributed by atoms with Gasteiger partial charge in [0.1, 0.15) is 0 Å². The second-order valence-electron chi connectivity index (χ2n) is 3.92. The summed E-state index contributed by atoms with van der Waals surface area (Å²) >= 11 is 5.94. The van der Waals surface area contributed by atoms with E-state index in [1.165, 1.54) is 0 Å². The highest BCUT2D eigenvalue weighted by Crippen LogP contribution is 2.38. The quantitative estimate of drug-likeness (QED) is 0.466. The van der Waals surface area contributed by atoms with Crippen LogP contribution in [0.2, 0.25) is 5.02 Å². The lowest BCUT2D eigenvalue weighted by Gasteiger charge is -2.10. The van der Waals surface area contributed by atoms with Gasteiger partial charge in [-0.2, -0.15) is 0 Å². The maximum Gasteiger partial charge on any atom is 0.277 e. The summed E-state index contributed by atoms with van der Waals surface area (Å²) in [6.45, 7) is 0. The molecule has 0 aliphatic carbocycles. The number of nitrogens with zero attached hydrogens (tertiary/aromatic N) is 1. The average molecular weight is 322 g/mol. The number of nitro groups is 1. The predicted molar refractivity (Wildman–Crippen MR) is 89.0 cm³/mol. The van der Waals surface area contributed by atoms with Crippen LogP contribution in [0.3, 0.4) is 0 Å². The molecule has 3 aromatic rings. The highest BCUT2D eigenvalue weighted by molar-refractivity contribution is 6.31. The van der Waals surface area contributed by atoms with Crippen molar-refractivity contribution < 1.29 is 21.4 Å². The third-order valence-electron chi connectivity index (χ3n) is 2.63. The van der Waals surface area contributed by atoms with E-state index in [4.69, 9.17) is 28.1 Å². The Morgan fingerprint density at radius 2 is 1.50 bits per heavy atom. The summed E-state index contributed by atoms with van der Waals surface area (Å²) < 4.78 is 96.9. The summed E-state index contributed by atoms with van der Waals surface area (Å²) in [5.41, 5.74) is -4.13. The molecule has 0 radical (unpaired) electrons. The lowest BCUT2D eigenvalue weighted by molar-refractivity contribution is -0.384. The Morgan fingerprint density at radius 1 is 0.864 bits per heavy atom. The van der Waals surface area contributed by atoms with Crippen LogP contribution in [-0.4, -0.2) is 4.92 Å². The maximum absolute atomic E-state index is 11.8. The third-order valence-corrected chi connectivity index (χ3v) is 2.82. The van der Waals surface area contributed by atoms with E-state index >= 15 is 0 Å². The summed E-state index contributed by atoms with van der Waals surface area (Å²) in [7, 11) is 0. The van der Waals surface area contributed by atoms with Crippen molar-refractivity contribution in [2.45, 2.75) is 0 Å². The molecule has 0 unspecified atom stereocenters. The molecule has 0 bridgehead atoms. The van der Waals surface area contributed by atoms with Gasteiger partial charge in [0.15, 0.2) is 0 Å². The van der Waals surface area contributed by atoms with Crippen LogP contribution in [-0.2, 0) is 0 Å². The fourth-order valence-corrected chi connectivity index (χ4v) is 1.90. The van der Waals surface area contributed by atoms with Crippen LogP contribution < -0.4 is 0 Å². The van der Waals surface area contributed by atoms with Crippen molar-refractivity contribution in [1.82, 2.24) is 0 Å². The molecule has 0 spiro atoms. The third kappa shape index (κ3) is 2.71. The van der Waals surface area contributed by atoms with E-state index in [9.17, 15) is 10.1 Å². The molecule has 3 rings (SSSR count). The summed E-state index contributed by atoms with van der Waals surface area (Å²) in [6, 6.07) is -10.5. The largest absolute Gasteiger partial charge is 0.277 e. The molecule has 0 aromatic heterocycles. The number of hydrogen-bond donors (Lipinski definition) is 0. The van der Waals surface area contributed by atoms with Gasteiger partial charge in [-0.15, -0.1) is 0 Å². The van der Waals surface area contributed by atoms with Gasteiger partial charge in [-0.25, -0.2) is 0 Å². The number of halogens is 1. The first-order valence-corrected chi connectivity index (χ1v) is 6.16. The SMILES string of the molecule is [2H]c1c([2H])c([2H])c(-c2c([2H])c([2H])c([2H])c([2H])c2-c2c([2H])c(Cl)c([2H])c([2H])c2[N+](=O)[O-])c([2H])c1[2H]. The van der Waals surface area contributed by atoms with E-state index in [1.807, 2.05) is 0 Å². The van der Waals surface area contributed by atoms with E-state index < -0.39 is 110 Å². The summed E-state index contributed by atoms with van der Waals surface area (Å²) in [5, 5.41) is 11.1. The van der Waals surface area contributed by atoms with Crippen LogP contribution in [0.5, 0.6) is 0 Å². The van der Waals surface area contributed by atoms with Crippen molar-refractivity contribution in [3.8, 4) is 22.3 Å². The van der Waals surface area contributed by atoms with Crippen LogP contribution in [0.1, 0.15) is 16.4 Å². The fraction of sp³-hybridized carbons (Fsp3) is 0. The first-order valence-electron chi connectivity index (χ1n) is 11.8. The molecule has 0 heterocycles. The molecule has 0 fully saturated rings. The minimum absolute atomic E-state index is 0.681. The van der Waals surface area contributed by atoms with Gasteiger partial charge in [-0.3, -0.25) is 10.1 Å². The maximum atomic E-state index is 11.8. The van der Waals surface area contributed by atoms with Gasteiger partial charge in [-0.05, 0) is 28.8 Å². The van der Waals surface area contributed by atoms with E-state index in [2.05, 4.69) is 0 Å². The molecule has 0 saturated carbocycles. The molecule has 0 atom stereocenters. The van der Waals surface area contributed by atoms with Crippen LogP contribution in [0.15, 0.2) is 72.5 Å². The number of nitro benzene ring substituents is 1. The molecular weight excluding hydrogens is 298 g/mol. The second kappa shape index (κ2) is 6.00. The monoisotopic (exact) mass is 321 g/mol. The normalized spacial score (nSPS) is 18.0. The van der Waals surface area contributed by atoms with Gasteiger partial charge < -0.3 is 0 Å². The van der Waals surface area contributed by atoms with Crippen molar-refractivity contribution in [1.29, 1.82) is 0 Å². The molecule has 108 valence electrons. The Kier molecular flexibility index (Phi) is 1.60. The smallest absolute Gasteiger partial charge is 0.258 e. The predicted octanol–water partition coefficient (Wildman–Crippen LogP) is 5.58. The topological polar surface area (TPSA) is 43.1 Å². The molecule has 0 amide bonds. The zero-order chi connectivity index (χ0) is 26.0. The van der Waals surface area contributed by atoms with Crippen LogP contribution in [0.4, 0.5) is 5.69 Å². The lowest BCUT2D eigenvalue weighted by Crippen LogP contribution is -1.93. The molecule has 0 N–H and O–H groups in total. The lowest BCUT2D eigenvalue weighted by atomic mass is 9.94. The van der Waals surface area contributed by atoms with Gasteiger partial charge in [0.25, 0.3) is 5.69 Å². The minimum Gasteiger partial charge on any atom is -0.258 e. The van der Waals surface area contributed by atoms with Crippen molar-refractivity contribution in [3.05, 3.63) is 87.6 Å². The molecule has 0 aliphatic heterocycles. The van der Waals surface area contributed by atoms with Gasteiger partial charge in [-0.1, -0.05) is 66.0 Å². The molecule has 3 nitrogen and oxygen atoms in total.